The molecule has 0 radical (unpaired) electrons. The minimum atomic E-state index is -0.0190. The summed E-state index contributed by atoms with van der Waals surface area (Å²) in [5, 5.41) is 0. The van der Waals surface area contributed by atoms with Crippen molar-refractivity contribution >= 4 is 5.91 Å². The van der Waals surface area contributed by atoms with Crippen LogP contribution in [0.2, 0.25) is 0 Å². The number of nitrogens with zero attached hydrogens (tertiary/aromatic N) is 4. The third-order valence-corrected chi connectivity index (χ3v) is 5.27. The van der Waals surface area contributed by atoms with E-state index >= 15 is 0 Å². The van der Waals surface area contributed by atoms with Gasteiger partial charge in [-0.3, -0.25) is 14.8 Å². The van der Waals surface area contributed by atoms with E-state index in [1.165, 1.54) is 11.8 Å². The maximum atomic E-state index is 12.5. The average Bonchev–Trinajstić information content (AvgIpc) is 2.80. The molecule has 4 rings (SSSR count). The fourth-order valence-corrected chi connectivity index (χ4v) is 3.62. The van der Waals surface area contributed by atoms with Crippen molar-refractivity contribution in [3.63, 3.8) is 0 Å². The number of amides is 1. The third-order valence-electron chi connectivity index (χ3n) is 5.27. The maximum absolute atomic E-state index is 12.5. The second-order valence-corrected chi connectivity index (χ2v) is 7.32. The van der Waals surface area contributed by atoms with E-state index in [0.29, 0.717) is 18.2 Å². The number of hydrogen-bond donors (Lipinski definition) is 0. The van der Waals surface area contributed by atoms with E-state index in [2.05, 4.69) is 39.2 Å². The van der Waals surface area contributed by atoms with Crippen LogP contribution in [0.5, 0.6) is 5.75 Å². The lowest BCUT2D eigenvalue weighted by Gasteiger charge is -2.31. The molecule has 6 nitrogen and oxygen atoms in total. The molecule has 0 bridgehead atoms. The van der Waals surface area contributed by atoms with E-state index in [4.69, 9.17) is 4.74 Å². The number of piperidine rings is 1. The van der Waals surface area contributed by atoms with Gasteiger partial charge in [0.2, 0.25) is 0 Å². The molecule has 0 aliphatic carbocycles. The van der Waals surface area contributed by atoms with E-state index in [9.17, 15) is 4.79 Å². The lowest BCUT2D eigenvalue weighted by molar-refractivity contribution is 0.0684. The molecule has 1 saturated heterocycles. The number of ether oxygens (including phenoxy) is 1. The van der Waals surface area contributed by atoms with Crippen LogP contribution < -0.4 is 4.74 Å². The third kappa shape index (κ3) is 5.16. The van der Waals surface area contributed by atoms with E-state index in [0.717, 1.165) is 43.7 Å². The zero-order chi connectivity index (χ0) is 19.9. The van der Waals surface area contributed by atoms with Gasteiger partial charge in [0.25, 0.3) is 5.91 Å². The van der Waals surface area contributed by atoms with Crippen LogP contribution in [-0.4, -0.2) is 38.8 Å². The topological polar surface area (TPSA) is 68.2 Å². The molecule has 148 valence electrons. The number of carbonyl (C=O) groups excluding carboxylic acids is 1. The highest BCUT2D eigenvalue weighted by molar-refractivity contribution is 5.92. The van der Waals surface area contributed by atoms with E-state index in [1.807, 2.05) is 17.0 Å². The summed E-state index contributed by atoms with van der Waals surface area (Å²) in [6.07, 6.45) is 11.2. The van der Waals surface area contributed by atoms with Crippen molar-refractivity contribution in [1.82, 2.24) is 19.9 Å². The largest absolute Gasteiger partial charge is 0.487 e. The first kappa shape index (κ1) is 19.1. The van der Waals surface area contributed by atoms with Crippen LogP contribution in [-0.2, 0) is 13.0 Å². The second kappa shape index (κ2) is 9.28. The van der Waals surface area contributed by atoms with Crippen molar-refractivity contribution in [3.05, 3.63) is 84.2 Å². The van der Waals surface area contributed by atoms with Gasteiger partial charge in [-0.05, 0) is 48.4 Å². The Hall–Kier alpha value is -3.28. The van der Waals surface area contributed by atoms with Gasteiger partial charge in [-0.1, -0.05) is 24.3 Å². The fraction of sp³-hybridized carbons (Fsp3) is 0.304. The Morgan fingerprint density at radius 2 is 1.72 bits per heavy atom. The van der Waals surface area contributed by atoms with Gasteiger partial charge in [-0.25, -0.2) is 4.98 Å². The van der Waals surface area contributed by atoms with Gasteiger partial charge in [0.15, 0.2) is 0 Å². The molecule has 3 heterocycles. The molecule has 1 amide bonds. The van der Waals surface area contributed by atoms with Crippen molar-refractivity contribution in [1.29, 1.82) is 0 Å². The summed E-state index contributed by atoms with van der Waals surface area (Å²) in [6, 6.07) is 12.4. The standard InChI is InChI=1S/C23H24N4O2/c28-23(22-16-25-10-11-26-22)27-12-7-19(8-13-27)14-18-3-5-20(6-4-18)17-29-21-2-1-9-24-15-21/h1-6,9-11,15-16,19H,7-8,12-14,17H2. The highest BCUT2D eigenvalue weighted by Crippen LogP contribution is 2.23. The predicted molar refractivity (Wildman–Crippen MR) is 109 cm³/mol. The summed E-state index contributed by atoms with van der Waals surface area (Å²) >= 11 is 0. The first-order valence-corrected chi connectivity index (χ1v) is 9.94. The normalized spacial score (nSPS) is 14.6. The summed E-state index contributed by atoms with van der Waals surface area (Å²) < 4.78 is 5.74. The Morgan fingerprint density at radius 1 is 0.966 bits per heavy atom. The number of benzene rings is 1. The molecular weight excluding hydrogens is 364 g/mol. The molecule has 3 aromatic rings. The van der Waals surface area contributed by atoms with Crippen LogP contribution in [0.25, 0.3) is 0 Å². The Bertz CT molecular complexity index is 909. The quantitative estimate of drug-likeness (QED) is 0.646. The Labute approximate surface area is 170 Å². The van der Waals surface area contributed by atoms with Gasteiger partial charge in [-0.15, -0.1) is 0 Å². The van der Waals surface area contributed by atoms with Gasteiger partial charge in [0.1, 0.15) is 18.1 Å². The summed E-state index contributed by atoms with van der Waals surface area (Å²) in [6.45, 7) is 2.09. The number of carbonyl (C=O) groups is 1. The van der Waals surface area contributed by atoms with Crippen LogP contribution in [0.1, 0.15) is 34.5 Å². The van der Waals surface area contributed by atoms with Crippen molar-refractivity contribution in [2.75, 3.05) is 13.1 Å². The molecule has 29 heavy (non-hydrogen) atoms. The summed E-state index contributed by atoms with van der Waals surface area (Å²) in [5.41, 5.74) is 2.89. The van der Waals surface area contributed by atoms with Crippen molar-refractivity contribution in [3.8, 4) is 5.75 Å². The first-order valence-electron chi connectivity index (χ1n) is 9.94. The van der Waals surface area contributed by atoms with Crippen molar-refractivity contribution in [2.45, 2.75) is 25.9 Å². The lowest BCUT2D eigenvalue weighted by atomic mass is 9.90. The SMILES string of the molecule is O=C(c1cnccn1)N1CCC(Cc2ccc(COc3cccnc3)cc2)CC1. The zero-order valence-electron chi connectivity index (χ0n) is 16.3. The van der Waals surface area contributed by atoms with Gasteiger partial charge in [0.05, 0.1) is 12.4 Å². The number of likely N-dealkylation sites (tertiary alicyclic amines) is 1. The average molecular weight is 388 g/mol. The molecule has 0 spiro atoms. The summed E-state index contributed by atoms with van der Waals surface area (Å²) in [5.74, 6) is 1.35. The highest BCUT2D eigenvalue weighted by atomic mass is 16.5. The molecule has 0 N–H and O–H groups in total. The predicted octanol–water partition coefficient (Wildman–Crippen LogP) is 3.55. The van der Waals surface area contributed by atoms with Crippen LogP contribution >= 0.6 is 0 Å². The Kier molecular flexibility index (Phi) is 6.10. The smallest absolute Gasteiger partial charge is 0.274 e. The van der Waals surface area contributed by atoms with Gasteiger partial charge >= 0.3 is 0 Å². The minimum absolute atomic E-state index is 0.0190. The van der Waals surface area contributed by atoms with Gasteiger partial charge < -0.3 is 9.64 Å². The van der Waals surface area contributed by atoms with E-state index in [1.54, 1.807) is 24.8 Å². The molecule has 1 aliphatic rings. The number of hydrogen-bond acceptors (Lipinski definition) is 5. The van der Waals surface area contributed by atoms with Crippen LogP contribution in [0, 0.1) is 5.92 Å². The van der Waals surface area contributed by atoms with Gasteiger partial charge in [0, 0.05) is 31.7 Å². The molecule has 1 aromatic carbocycles. The summed E-state index contributed by atoms with van der Waals surface area (Å²) in [4.78, 5) is 26.5. The summed E-state index contributed by atoms with van der Waals surface area (Å²) in [7, 11) is 0. The Balaban J connectivity index is 1.24. The van der Waals surface area contributed by atoms with E-state index < -0.39 is 0 Å². The zero-order valence-corrected chi connectivity index (χ0v) is 16.3. The maximum Gasteiger partial charge on any atom is 0.274 e. The number of rotatable bonds is 6. The molecule has 1 aliphatic heterocycles. The van der Waals surface area contributed by atoms with Crippen molar-refractivity contribution < 1.29 is 9.53 Å². The monoisotopic (exact) mass is 388 g/mol. The highest BCUT2D eigenvalue weighted by Gasteiger charge is 2.24. The number of aromatic nitrogens is 3. The second-order valence-electron chi connectivity index (χ2n) is 7.32. The van der Waals surface area contributed by atoms with Gasteiger partial charge in [-0.2, -0.15) is 0 Å². The van der Waals surface area contributed by atoms with Crippen LogP contribution in [0.3, 0.4) is 0 Å². The number of pyridine rings is 1. The van der Waals surface area contributed by atoms with Crippen molar-refractivity contribution in [2.24, 2.45) is 5.92 Å². The molecule has 2 aromatic heterocycles. The van der Waals surface area contributed by atoms with Crippen LogP contribution in [0.15, 0.2) is 67.4 Å². The molecule has 0 unspecified atom stereocenters. The molecule has 6 heteroatoms. The fourth-order valence-electron chi connectivity index (χ4n) is 3.62. The molecule has 0 saturated carbocycles. The lowest BCUT2D eigenvalue weighted by Crippen LogP contribution is -2.39. The first-order chi connectivity index (χ1) is 14.3. The molecule has 0 atom stereocenters. The minimum Gasteiger partial charge on any atom is -0.487 e. The molecule has 1 fully saturated rings. The Morgan fingerprint density at radius 3 is 2.41 bits per heavy atom. The van der Waals surface area contributed by atoms with Crippen LogP contribution in [0.4, 0.5) is 0 Å². The van der Waals surface area contributed by atoms with E-state index in [-0.39, 0.29) is 5.91 Å². The molecular formula is C23H24N4O2.